The number of carbonyl (C=O) groups excluding carboxylic acids is 1. The summed E-state index contributed by atoms with van der Waals surface area (Å²) in [6.45, 7) is 6.26. The average molecular weight is 551 g/mol. The molecule has 39 heavy (non-hydrogen) atoms. The number of amides is 1. The molecular weight excluding hydrogens is 519 g/mol. The molecule has 1 amide bonds. The van der Waals surface area contributed by atoms with Crippen LogP contribution in [0, 0.1) is 5.82 Å². The Labute approximate surface area is 232 Å². The van der Waals surface area contributed by atoms with E-state index in [9.17, 15) is 9.18 Å². The van der Waals surface area contributed by atoms with Crippen molar-refractivity contribution in [1.29, 1.82) is 0 Å². The zero-order valence-electron chi connectivity index (χ0n) is 21.9. The van der Waals surface area contributed by atoms with Crippen LogP contribution in [0.2, 0.25) is 5.02 Å². The minimum atomic E-state index is -0.432. The minimum absolute atomic E-state index is 0.0802. The summed E-state index contributed by atoms with van der Waals surface area (Å²) in [5.74, 6) is -0.0588. The van der Waals surface area contributed by atoms with Gasteiger partial charge in [0.15, 0.2) is 0 Å². The van der Waals surface area contributed by atoms with E-state index in [0.717, 1.165) is 57.8 Å². The highest BCUT2D eigenvalue weighted by molar-refractivity contribution is 6.30. The summed E-state index contributed by atoms with van der Waals surface area (Å²) in [4.78, 5) is 21.5. The predicted octanol–water partition coefficient (Wildman–Crippen LogP) is 4.03. The van der Waals surface area contributed by atoms with Gasteiger partial charge in [-0.3, -0.25) is 4.79 Å². The monoisotopic (exact) mass is 550 g/mol. The van der Waals surface area contributed by atoms with Gasteiger partial charge in [0.1, 0.15) is 17.3 Å². The summed E-state index contributed by atoms with van der Waals surface area (Å²) < 4.78 is 14.6. The molecule has 5 rings (SSSR count). The lowest BCUT2D eigenvalue weighted by atomic mass is 10.0. The van der Waals surface area contributed by atoms with Crippen molar-refractivity contribution >= 4 is 40.3 Å². The number of nitrogens with zero attached hydrogens (tertiary/aromatic N) is 5. The highest BCUT2D eigenvalue weighted by Gasteiger charge is 2.18. The number of pyridine rings is 1. The topological polar surface area (TPSA) is 98.3 Å². The van der Waals surface area contributed by atoms with Gasteiger partial charge in [-0.25, -0.2) is 9.37 Å². The molecule has 0 radical (unpaired) electrons. The lowest BCUT2D eigenvalue weighted by Crippen LogP contribution is -2.45. The van der Waals surface area contributed by atoms with Crippen molar-refractivity contribution in [3.05, 3.63) is 65.2 Å². The average Bonchev–Trinajstić information content (AvgIpc) is 2.95. The number of hydrogen-bond acceptors (Lipinski definition) is 8. The van der Waals surface area contributed by atoms with E-state index in [0.29, 0.717) is 40.0 Å². The number of halogens is 2. The maximum absolute atomic E-state index is 14.6. The predicted molar refractivity (Wildman–Crippen MR) is 153 cm³/mol. The van der Waals surface area contributed by atoms with Gasteiger partial charge in [-0.15, -0.1) is 10.2 Å². The fraction of sp³-hybridized carbons (Fsp3) is 0.357. The molecule has 4 heterocycles. The van der Waals surface area contributed by atoms with E-state index in [2.05, 4.69) is 54.1 Å². The number of rotatable bonds is 8. The third kappa shape index (κ3) is 7.15. The van der Waals surface area contributed by atoms with Crippen LogP contribution in [0.5, 0.6) is 0 Å². The number of hydrogen-bond donors (Lipinski definition) is 3. The van der Waals surface area contributed by atoms with Crippen LogP contribution in [0.4, 0.5) is 21.6 Å². The lowest BCUT2D eigenvalue weighted by Gasteiger charge is -2.32. The van der Waals surface area contributed by atoms with Crippen molar-refractivity contribution in [2.24, 2.45) is 0 Å². The molecule has 3 N–H and O–H groups in total. The fourth-order valence-electron chi connectivity index (χ4n) is 4.66. The fourth-order valence-corrected chi connectivity index (χ4v) is 4.83. The normalized spacial score (nSPS) is 16.5. The number of anilines is 3. The summed E-state index contributed by atoms with van der Waals surface area (Å²) in [7, 11) is 2.11. The van der Waals surface area contributed by atoms with Gasteiger partial charge in [0.05, 0.1) is 11.4 Å². The van der Waals surface area contributed by atoms with E-state index < -0.39 is 5.82 Å². The number of likely N-dealkylation sites (N-methyl/N-ethyl adjacent to an activating group) is 1. The molecular formula is C28H32ClFN8O. The third-order valence-corrected chi connectivity index (χ3v) is 7.16. The zero-order chi connectivity index (χ0) is 27.2. The number of nitrogens with one attached hydrogen (secondary N) is 3. The standard InChI is InChI=1S/C28H32ClFN8O/c1-37-12-14-38(15-13-37)11-7-27(39)34-26-17-21(6-10-32-26)33-25-18-24(22-16-20(29)2-3-23(22)30)35-36-28(25)19-4-8-31-9-5-19/h2-4,6,10,16-18,31H,5,7-9,11-15H2,1H3,(H2,32,33,34,35,39). The van der Waals surface area contributed by atoms with Crippen LogP contribution in [0.25, 0.3) is 16.8 Å². The molecule has 1 aromatic carbocycles. The van der Waals surface area contributed by atoms with Gasteiger partial charge in [0, 0.05) is 74.2 Å². The van der Waals surface area contributed by atoms with Gasteiger partial charge in [-0.2, -0.15) is 0 Å². The quantitative estimate of drug-likeness (QED) is 0.387. The van der Waals surface area contributed by atoms with Gasteiger partial charge in [-0.1, -0.05) is 17.7 Å². The van der Waals surface area contributed by atoms with Crippen molar-refractivity contribution < 1.29 is 9.18 Å². The smallest absolute Gasteiger partial charge is 0.226 e. The summed E-state index contributed by atoms with van der Waals surface area (Å²) >= 11 is 6.13. The first-order valence-electron chi connectivity index (χ1n) is 13.1. The lowest BCUT2D eigenvalue weighted by molar-refractivity contribution is -0.116. The van der Waals surface area contributed by atoms with Crippen molar-refractivity contribution in [2.75, 3.05) is 63.5 Å². The Hall–Kier alpha value is -3.44. The van der Waals surface area contributed by atoms with E-state index in [4.69, 9.17) is 11.6 Å². The molecule has 0 saturated carbocycles. The van der Waals surface area contributed by atoms with E-state index in [-0.39, 0.29) is 11.5 Å². The summed E-state index contributed by atoms with van der Waals surface area (Å²) in [5, 5.41) is 18.8. The van der Waals surface area contributed by atoms with Gasteiger partial charge >= 0.3 is 0 Å². The van der Waals surface area contributed by atoms with E-state index in [1.54, 1.807) is 24.4 Å². The molecule has 0 atom stereocenters. The molecule has 1 saturated heterocycles. The highest BCUT2D eigenvalue weighted by Crippen LogP contribution is 2.32. The molecule has 2 aliphatic heterocycles. The maximum Gasteiger partial charge on any atom is 0.226 e. The number of carbonyl (C=O) groups is 1. The van der Waals surface area contributed by atoms with Crippen molar-refractivity contribution in [3.63, 3.8) is 0 Å². The summed E-state index contributed by atoms with van der Waals surface area (Å²) in [6.07, 6.45) is 4.91. The molecule has 2 aromatic heterocycles. The molecule has 0 unspecified atom stereocenters. The van der Waals surface area contributed by atoms with Crippen molar-refractivity contribution in [3.8, 4) is 11.3 Å². The van der Waals surface area contributed by atoms with Crippen molar-refractivity contribution in [2.45, 2.75) is 12.8 Å². The molecule has 2 aliphatic rings. The minimum Gasteiger partial charge on any atom is -0.353 e. The first-order valence-corrected chi connectivity index (χ1v) is 13.5. The number of aromatic nitrogens is 3. The van der Waals surface area contributed by atoms with E-state index >= 15 is 0 Å². The van der Waals surface area contributed by atoms with Crippen molar-refractivity contribution in [1.82, 2.24) is 30.3 Å². The first-order chi connectivity index (χ1) is 18.9. The maximum atomic E-state index is 14.6. The Morgan fingerprint density at radius 1 is 1.13 bits per heavy atom. The second-order valence-corrected chi connectivity index (χ2v) is 10.2. The van der Waals surface area contributed by atoms with E-state index in [1.165, 1.54) is 18.2 Å². The molecule has 0 aliphatic carbocycles. The van der Waals surface area contributed by atoms with Gasteiger partial charge in [0.25, 0.3) is 0 Å². The van der Waals surface area contributed by atoms with Crippen LogP contribution < -0.4 is 16.0 Å². The molecule has 3 aromatic rings. The number of benzene rings is 1. The van der Waals surface area contributed by atoms with Crippen LogP contribution in [-0.2, 0) is 4.79 Å². The van der Waals surface area contributed by atoms with Crippen LogP contribution in [0.15, 0.2) is 48.7 Å². The second-order valence-electron chi connectivity index (χ2n) is 9.80. The highest BCUT2D eigenvalue weighted by atomic mass is 35.5. The third-order valence-electron chi connectivity index (χ3n) is 6.92. The van der Waals surface area contributed by atoms with Crippen LogP contribution in [0.3, 0.4) is 0 Å². The van der Waals surface area contributed by atoms with Gasteiger partial charge in [0.2, 0.25) is 5.91 Å². The first kappa shape index (κ1) is 27.1. The Morgan fingerprint density at radius 3 is 2.77 bits per heavy atom. The van der Waals surface area contributed by atoms with Gasteiger partial charge in [-0.05, 0) is 55.9 Å². The number of piperazine rings is 1. The summed E-state index contributed by atoms with van der Waals surface area (Å²) in [6, 6.07) is 9.70. The Balaban J connectivity index is 1.34. The Morgan fingerprint density at radius 2 is 1.97 bits per heavy atom. The second kappa shape index (κ2) is 12.6. The molecule has 204 valence electrons. The molecule has 9 nitrogen and oxygen atoms in total. The largest absolute Gasteiger partial charge is 0.353 e. The Bertz CT molecular complexity index is 1360. The molecule has 0 spiro atoms. The van der Waals surface area contributed by atoms with Crippen LogP contribution in [0.1, 0.15) is 18.5 Å². The summed E-state index contributed by atoms with van der Waals surface area (Å²) in [5.41, 5.74) is 3.76. The van der Waals surface area contributed by atoms with Crippen LogP contribution >= 0.6 is 11.6 Å². The van der Waals surface area contributed by atoms with Gasteiger partial charge < -0.3 is 25.8 Å². The SMILES string of the molecule is CN1CCN(CCC(=O)Nc2cc(Nc3cc(-c4cc(Cl)ccc4F)nnc3C3=CCNCC3)ccn2)CC1. The van der Waals surface area contributed by atoms with Crippen LogP contribution in [-0.4, -0.2) is 83.7 Å². The molecule has 11 heteroatoms. The van der Waals surface area contributed by atoms with E-state index in [1.807, 2.05) is 0 Å². The molecule has 1 fully saturated rings. The Kier molecular flexibility index (Phi) is 8.77. The molecule has 0 bridgehead atoms. The zero-order valence-corrected chi connectivity index (χ0v) is 22.6.